The average Bonchev–Trinajstić information content (AvgIpc) is 2.47. The number of benzene rings is 2. The van der Waals surface area contributed by atoms with Gasteiger partial charge in [0.25, 0.3) is 0 Å². The number of Topliss-reactive ketones (excluding diaryl/α,β-unsaturated/α-hetero) is 1. The molecule has 0 aliphatic carbocycles. The number of carbonyl (C=O) groups excluding carboxylic acids is 2. The second kappa shape index (κ2) is 6.70. The van der Waals surface area contributed by atoms with Gasteiger partial charge in [-0.1, -0.05) is 48.5 Å². The van der Waals surface area contributed by atoms with Gasteiger partial charge in [0.1, 0.15) is 5.75 Å². The first-order chi connectivity index (χ1) is 10.1. The number of rotatable bonds is 5. The van der Waals surface area contributed by atoms with Gasteiger partial charge in [0.05, 0.1) is 6.04 Å². The molecule has 1 unspecified atom stereocenters. The van der Waals surface area contributed by atoms with Gasteiger partial charge in [-0.25, -0.2) is 0 Å². The van der Waals surface area contributed by atoms with Gasteiger partial charge in [0.2, 0.25) is 5.91 Å². The first kappa shape index (κ1) is 14.8. The standard InChI is InChI=1S/C17H17NO3/c1-12(19)18-15(14-9-5-6-10-16(14)20)11-17(21)13-7-3-2-4-8-13/h2-10,15,20H,11H2,1H3,(H,18,19). The number of ketones is 1. The van der Waals surface area contributed by atoms with Crippen molar-refractivity contribution in [1.82, 2.24) is 5.32 Å². The highest BCUT2D eigenvalue weighted by atomic mass is 16.3. The molecule has 0 radical (unpaired) electrons. The fourth-order valence-corrected chi connectivity index (χ4v) is 2.19. The van der Waals surface area contributed by atoms with Crippen LogP contribution >= 0.6 is 0 Å². The molecule has 0 saturated heterocycles. The number of hydrogen-bond donors (Lipinski definition) is 2. The van der Waals surface area contributed by atoms with Crippen LogP contribution in [0.1, 0.15) is 35.3 Å². The fourth-order valence-electron chi connectivity index (χ4n) is 2.19. The number of amides is 1. The van der Waals surface area contributed by atoms with Gasteiger partial charge in [-0.15, -0.1) is 0 Å². The predicted octanol–water partition coefficient (Wildman–Crippen LogP) is 2.84. The third-order valence-corrected chi connectivity index (χ3v) is 3.17. The van der Waals surface area contributed by atoms with Crippen LogP contribution in [-0.4, -0.2) is 16.8 Å². The SMILES string of the molecule is CC(=O)NC(CC(=O)c1ccccc1)c1ccccc1O. The molecule has 0 fully saturated rings. The van der Waals surface area contributed by atoms with Crippen LogP contribution in [0.25, 0.3) is 0 Å². The quantitative estimate of drug-likeness (QED) is 0.829. The highest BCUT2D eigenvalue weighted by molar-refractivity contribution is 5.96. The van der Waals surface area contributed by atoms with Gasteiger partial charge in [0, 0.05) is 24.5 Å². The minimum Gasteiger partial charge on any atom is -0.508 e. The van der Waals surface area contributed by atoms with Gasteiger partial charge < -0.3 is 10.4 Å². The molecule has 0 saturated carbocycles. The van der Waals surface area contributed by atoms with Crippen molar-refractivity contribution in [3.05, 3.63) is 65.7 Å². The highest BCUT2D eigenvalue weighted by Crippen LogP contribution is 2.27. The molecule has 0 aromatic heterocycles. The summed E-state index contributed by atoms with van der Waals surface area (Å²) in [5.74, 6) is -0.265. The van der Waals surface area contributed by atoms with E-state index in [9.17, 15) is 14.7 Å². The molecule has 0 heterocycles. The molecule has 2 rings (SSSR count). The molecular weight excluding hydrogens is 266 g/mol. The van der Waals surface area contributed by atoms with E-state index >= 15 is 0 Å². The van der Waals surface area contributed by atoms with E-state index in [1.807, 2.05) is 6.07 Å². The molecule has 2 aromatic rings. The summed E-state index contributed by atoms with van der Waals surface area (Å²) >= 11 is 0. The van der Waals surface area contributed by atoms with E-state index in [2.05, 4.69) is 5.32 Å². The number of para-hydroxylation sites is 1. The largest absolute Gasteiger partial charge is 0.508 e. The van der Waals surface area contributed by atoms with Crippen molar-refractivity contribution in [3.8, 4) is 5.75 Å². The van der Waals surface area contributed by atoms with Crippen LogP contribution in [0.4, 0.5) is 0 Å². The predicted molar refractivity (Wildman–Crippen MR) is 80.1 cm³/mol. The number of phenolic OH excluding ortho intramolecular Hbond substituents is 1. The van der Waals surface area contributed by atoms with Crippen LogP contribution in [0.3, 0.4) is 0 Å². The molecular formula is C17H17NO3. The van der Waals surface area contributed by atoms with Crippen molar-refractivity contribution < 1.29 is 14.7 Å². The van der Waals surface area contributed by atoms with Crippen LogP contribution in [0.15, 0.2) is 54.6 Å². The van der Waals surface area contributed by atoms with E-state index in [-0.39, 0.29) is 23.9 Å². The second-order valence-corrected chi connectivity index (χ2v) is 4.81. The topological polar surface area (TPSA) is 66.4 Å². The monoisotopic (exact) mass is 283 g/mol. The van der Waals surface area contributed by atoms with Crippen LogP contribution in [0.2, 0.25) is 0 Å². The average molecular weight is 283 g/mol. The summed E-state index contributed by atoms with van der Waals surface area (Å²) in [6, 6.07) is 15.0. The molecule has 108 valence electrons. The summed E-state index contributed by atoms with van der Waals surface area (Å²) < 4.78 is 0. The Morgan fingerprint density at radius 2 is 1.67 bits per heavy atom. The fraction of sp³-hybridized carbons (Fsp3) is 0.176. The lowest BCUT2D eigenvalue weighted by Crippen LogP contribution is -2.28. The smallest absolute Gasteiger partial charge is 0.217 e. The first-order valence-electron chi connectivity index (χ1n) is 6.71. The van der Waals surface area contributed by atoms with Crippen LogP contribution in [-0.2, 0) is 4.79 Å². The number of hydrogen-bond acceptors (Lipinski definition) is 3. The summed E-state index contributed by atoms with van der Waals surface area (Å²) in [5, 5.41) is 12.6. The Kier molecular flexibility index (Phi) is 4.72. The summed E-state index contributed by atoms with van der Waals surface area (Å²) in [4.78, 5) is 23.6. The number of phenols is 1. The van der Waals surface area contributed by atoms with Gasteiger partial charge in [0.15, 0.2) is 5.78 Å². The van der Waals surface area contributed by atoms with Crippen LogP contribution in [0.5, 0.6) is 5.75 Å². The van der Waals surface area contributed by atoms with Crippen LogP contribution < -0.4 is 5.32 Å². The lowest BCUT2D eigenvalue weighted by atomic mass is 9.97. The number of nitrogens with one attached hydrogen (secondary N) is 1. The number of carbonyl (C=O) groups is 2. The van der Waals surface area contributed by atoms with E-state index < -0.39 is 6.04 Å². The summed E-state index contributed by atoms with van der Waals surface area (Å²) in [7, 11) is 0. The van der Waals surface area contributed by atoms with Crippen molar-refractivity contribution in [2.45, 2.75) is 19.4 Å². The zero-order valence-corrected chi connectivity index (χ0v) is 11.7. The van der Waals surface area contributed by atoms with E-state index in [1.165, 1.54) is 13.0 Å². The maximum Gasteiger partial charge on any atom is 0.217 e. The van der Waals surface area contributed by atoms with E-state index in [1.54, 1.807) is 42.5 Å². The van der Waals surface area contributed by atoms with E-state index in [0.29, 0.717) is 11.1 Å². The van der Waals surface area contributed by atoms with Gasteiger partial charge in [-0.3, -0.25) is 9.59 Å². The molecule has 2 N–H and O–H groups in total. The first-order valence-corrected chi connectivity index (χ1v) is 6.71. The zero-order valence-electron chi connectivity index (χ0n) is 11.7. The maximum atomic E-state index is 12.3. The van der Waals surface area contributed by atoms with Gasteiger partial charge >= 0.3 is 0 Å². The Hall–Kier alpha value is -2.62. The summed E-state index contributed by atoms with van der Waals surface area (Å²) in [6.45, 7) is 1.39. The Morgan fingerprint density at radius 3 is 2.29 bits per heavy atom. The second-order valence-electron chi connectivity index (χ2n) is 4.81. The minimum atomic E-state index is -0.545. The Morgan fingerprint density at radius 1 is 1.05 bits per heavy atom. The normalized spacial score (nSPS) is 11.7. The van der Waals surface area contributed by atoms with Crippen LogP contribution in [0, 0.1) is 0 Å². The van der Waals surface area contributed by atoms with E-state index in [4.69, 9.17) is 0 Å². The van der Waals surface area contributed by atoms with Crippen molar-refractivity contribution in [2.75, 3.05) is 0 Å². The maximum absolute atomic E-state index is 12.3. The number of aromatic hydroxyl groups is 1. The van der Waals surface area contributed by atoms with Crippen molar-refractivity contribution in [3.63, 3.8) is 0 Å². The lowest BCUT2D eigenvalue weighted by molar-refractivity contribution is -0.119. The molecule has 21 heavy (non-hydrogen) atoms. The molecule has 1 atom stereocenters. The third-order valence-electron chi connectivity index (χ3n) is 3.17. The molecule has 2 aromatic carbocycles. The summed E-state index contributed by atoms with van der Waals surface area (Å²) in [5.41, 5.74) is 1.13. The molecule has 4 heteroatoms. The molecule has 4 nitrogen and oxygen atoms in total. The third kappa shape index (κ3) is 3.92. The minimum absolute atomic E-state index is 0.0668. The summed E-state index contributed by atoms with van der Waals surface area (Å²) in [6.07, 6.45) is 0.0984. The Balaban J connectivity index is 2.23. The Bertz CT molecular complexity index is 637. The van der Waals surface area contributed by atoms with Crippen molar-refractivity contribution >= 4 is 11.7 Å². The Labute approximate surface area is 123 Å². The molecule has 0 bridgehead atoms. The molecule has 1 amide bonds. The lowest BCUT2D eigenvalue weighted by Gasteiger charge is -2.18. The van der Waals surface area contributed by atoms with Gasteiger partial charge in [-0.05, 0) is 6.07 Å². The molecule has 0 aliphatic heterocycles. The van der Waals surface area contributed by atoms with Crippen molar-refractivity contribution in [1.29, 1.82) is 0 Å². The molecule has 0 spiro atoms. The van der Waals surface area contributed by atoms with Crippen molar-refractivity contribution in [2.24, 2.45) is 0 Å². The highest BCUT2D eigenvalue weighted by Gasteiger charge is 2.20. The van der Waals surface area contributed by atoms with Gasteiger partial charge in [-0.2, -0.15) is 0 Å². The molecule has 0 aliphatic rings. The zero-order chi connectivity index (χ0) is 15.2. The van der Waals surface area contributed by atoms with E-state index in [0.717, 1.165) is 0 Å².